The molecule has 1 aliphatic rings. The third kappa shape index (κ3) is 3.80. The first-order chi connectivity index (χ1) is 14.3. The molecular weight excluding hydrogens is 420 g/mol. The van der Waals surface area contributed by atoms with E-state index in [2.05, 4.69) is 4.72 Å². The summed E-state index contributed by atoms with van der Waals surface area (Å²) >= 11 is 6.39. The summed E-state index contributed by atoms with van der Waals surface area (Å²) in [6, 6.07) is 19.0. The van der Waals surface area contributed by atoms with Crippen molar-refractivity contribution in [1.29, 1.82) is 0 Å². The van der Waals surface area contributed by atoms with Crippen molar-refractivity contribution in [3.63, 3.8) is 0 Å². The van der Waals surface area contributed by atoms with Crippen molar-refractivity contribution in [2.45, 2.75) is 31.2 Å². The Hall–Kier alpha value is -2.83. The number of hydrogen-bond acceptors (Lipinski definition) is 3. The minimum atomic E-state index is -3.75. The molecule has 3 aromatic rings. The maximum Gasteiger partial charge on any atom is 0.261 e. The molecule has 0 radical (unpaired) electrons. The van der Waals surface area contributed by atoms with E-state index >= 15 is 0 Å². The lowest BCUT2D eigenvalue weighted by molar-refractivity contribution is 0.0981. The highest BCUT2D eigenvalue weighted by Crippen LogP contribution is 2.34. The number of aryl methyl sites for hydroxylation is 1. The van der Waals surface area contributed by atoms with Gasteiger partial charge in [-0.15, -0.1) is 0 Å². The number of para-hydroxylation sites is 1. The zero-order chi connectivity index (χ0) is 21.5. The third-order valence-corrected chi connectivity index (χ3v) is 6.92. The van der Waals surface area contributed by atoms with Gasteiger partial charge in [-0.25, -0.2) is 8.42 Å². The van der Waals surface area contributed by atoms with Gasteiger partial charge in [0.05, 0.1) is 21.2 Å². The predicted molar refractivity (Wildman–Crippen MR) is 120 cm³/mol. The zero-order valence-electron chi connectivity index (χ0n) is 16.6. The van der Waals surface area contributed by atoms with Crippen molar-refractivity contribution < 1.29 is 13.2 Å². The van der Waals surface area contributed by atoms with E-state index in [1.807, 2.05) is 38.1 Å². The van der Waals surface area contributed by atoms with Crippen molar-refractivity contribution >= 4 is 38.9 Å². The maximum atomic E-state index is 13.2. The number of anilines is 2. The van der Waals surface area contributed by atoms with Gasteiger partial charge in [0.25, 0.3) is 15.9 Å². The van der Waals surface area contributed by atoms with Crippen molar-refractivity contribution in [1.82, 2.24) is 0 Å². The van der Waals surface area contributed by atoms with Gasteiger partial charge < -0.3 is 4.90 Å². The van der Waals surface area contributed by atoms with Crippen LogP contribution in [0.4, 0.5) is 11.4 Å². The Labute approximate surface area is 181 Å². The van der Waals surface area contributed by atoms with Crippen LogP contribution in [0.15, 0.2) is 71.6 Å². The van der Waals surface area contributed by atoms with Gasteiger partial charge >= 0.3 is 0 Å². The molecule has 3 aromatic carbocycles. The summed E-state index contributed by atoms with van der Waals surface area (Å²) in [6.45, 7) is 3.88. The lowest BCUT2D eigenvalue weighted by Crippen LogP contribution is -2.35. The summed E-state index contributed by atoms with van der Waals surface area (Å²) in [6.07, 6.45) is 0.786. The van der Waals surface area contributed by atoms with Crippen LogP contribution in [0.2, 0.25) is 5.02 Å². The Morgan fingerprint density at radius 1 is 1.07 bits per heavy atom. The summed E-state index contributed by atoms with van der Waals surface area (Å²) in [7, 11) is -3.75. The largest absolute Gasteiger partial charge is 0.305 e. The van der Waals surface area contributed by atoms with E-state index in [-0.39, 0.29) is 21.9 Å². The number of sulfonamides is 1. The topological polar surface area (TPSA) is 66.5 Å². The summed E-state index contributed by atoms with van der Waals surface area (Å²) in [4.78, 5) is 15.1. The van der Waals surface area contributed by atoms with E-state index in [9.17, 15) is 13.2 Å². The Kier molecular flexibility index (Phi) is 5.30. The molecule has 0 aromatic heterocycles. The molecule has 5 nitrogen and oxygen atoms in total. The number of carbonyl (C=O) groups is 1. The molecule has 7 heteroatoms. The first-order valence-corrected chi connectivity index (χ1v) is 11.4. The van der Waals surface area contributed by atoms with Gasteiger partial charge in [0, 0.05) is 11.7 Å². The van der Waals surface area contributed by atoms with Crippen LogP contribution < -0.4 is 9.62 Å². The molecule has 4 rings (SSSR count). The lowest BCUT2D eigenvalue weighted by Gasteiger charge is -2.23. The van der Waals surface area contributed by atoms with E-state index in [0.29, 0.717) is 11.3 Å². The maximum absolute atomic E-state index is 13.2. The number of amides is 1. The fourth-order valence-corrected chi connectivity index (χ4v) is 5.00. The van der Waals surface area contributed by atoms with E-state index < -0.39 is 10.0 Å². The minimum Gasteiger partial charge on any atom is -0.305 e. The molecule has 1 aliphatic heterocycles. The zero-order valence-corrected chi connectivity index (χ0v) is 18.2. The molecule has 0 aliphatic carbocycles. The van der Waals surface area contributed by atoms with Crippen LogP contribution in [0.5, 0.6) is 0 Å². The van der Waals surface area contributed by atoms with Gasteiger partial charge in [0.15, 0.2) is 0 Å². The summed E-state index contributed by atoms with van der Waals surface area (Å²) in [5.74, 6) is -0.203. The fraction of sp³-hybridized carbons (Fsp3) is 0.174. The normalized spacial score (nSPS) is 15.7. The third-order valence-electron chi connectivity index (χ3n) is 5.21. The van der Waals surface area contributed by atoms with E-state index in [1.165, 1.54) is 6.07 Å². The van der Waals surface area contributed by atoms with E-state index in [4.69, 9.17) is 11.6 Å². The SMILES string of the molecule is Cc1ccc(S(=O)(=O)Nc2ccc(C(=O)N3c4ccccc4CC3C)c(Cl)c2)cc1. The first-order valence-electron chi connectivity index (χ1n) is 9.57. The molecule has 1 heterocycles. The molecule has 0 saturated carbocycles. The minimum absolute atomic E-state index is 0.0192. The average Bonchev–Trinajstić information content (AvgIpc) is 3.03. The standard InChI is InChI=1S/C23H21ClN2O3S/c1-15-7-10-19(11-8-15)30(28,29)25-18-9-12-20(21(24)14-18)23(27)26-16(2)13-17-5-3-4-6-22(17)26/h3-12,14,16,25H,13H2,1-2H3. The quantitative estimate of drug-likeness (QED) is 0.618. The number of benzene rings is 3. The molecule has 0 saturated heterocycles. The average molecular weight is 441 g/mol. The van der Waals surface area contributed by atoms with Crippen molar-refractivity contribution in [2.24, 2.45) is 0 Å². The number of rotatable bonds is 4. The van der Waals surface area contributed by atoms with Crippen LogP contribution in [0.1, 0.15) is 28.4 Å². The van der Waals surface area contributed by atoms with Crippen LogP contribution >= 0.6 is 11.6 Å². The molecule has 1 N–H and O–H groups in total. The second-order valence-corrected chi connectivity index (χ2v) is 9.56. The van der Waals surface area contributed by atoms with Gasteiger partial charge in [-0.3, -0.25) is 9.52 Å². The summed E-state index contributed by atoms with van der Waals surface area (Å²) in [5, 5.41) is 0.195. The van der Waals surface area contributed by atoms with Gasteiger partial charge in [0.2, 0.25) is 0 Å². The molecule has 1 amide bonds. The second kappa shape index (κ2) is 7.78. The van der Waals surface area contributed by atoms with Crippen LogP contribution in [-0.2, 0) is 16.4 Å². The van der Waals surface area contributed by atoms with Crippen LogP contribution in [0.25, 0.3) is 0 Å². The molecule has 1 atom stereocenters. The molecular formula is C23H21ClN2O3S. The number of carbonyl (C=O) groups excluding carboxylic acids is 1. The molecule has 154 valence electrons. The lowest BCUT2D eigenvalue weighted by atomic mass is 10.1. The molecule has 0 spiro atoms. The number of fused-ring (bicyclic) bond motifs is 1. The van der Waals surface area contributed by atoms with Crippen molar-refractivity contribution in [3.05, 3.63) is 88.4 Å². The molecule has 0 bridgehead atoms. The van der Waals surface area contributed by atoms with E-state index in [1.54, 1.807) is 41.3 Å². The van der Waals surface area contributed by atoms with Gasteiger partial charge in [-0.2, -0.15) is 0 Å². The first kappa shape index (κ1) is 20.4. The monoisotopic (exact) mass is 440 g/mol. The Morgan fingerprint density at radius 2 is 1.77 bits per heavy atom. The molecule has 30 heavy (non-hydrogen) atoms. The summed E-state index contributed by atoms with van der Waals surface area (Å²) < 4.78 is 27.7. The van der Waals surface area contributed by atoms with E-state index in [0.717, 1.165) is 23.2 Å². The Morgan fingerprint density at radius 3 is 2.47 bits per heavy atom. The molecule has 1 unspecified atom stereocenters. The predicted octanol–water partition coefficient (Wildman–Crippen LogP) is 5.04. The smallest absolute Gasteiger partial charge is 0.261 e. The fourth-order valence-electron chi connectivity index (χ4n) is 3.69. The van der Waals surface area contributed by atoms with Gasteiger partial charge in [-0.05, 0) is 62.2 Å². The highest BCUT2D eigenvalue weighted by atomic mass is 35.5. The summed E-state index contributed by atoms with van der Waals surface area (Å²) in [5.41, 5.74) is 3.61. The number of nitrogens with one attached hydrogen (secondary N) is 1. The van der Waals surface area contributed by atoms with Gasteiger partial charge in [0.1, 0.15) is 0 Å². The number of nitrogens with zero attached hydrogens (tertiary/aromatic N) is 1. The molecule has 0 fully saturated rings. The Bertz CT molecular complexity index is 1220. The van der Waals surface area contributed by atoms with Crippen LogP contribution in [0.3, 0.4) is 0 Å². The van der Waals surface area contributed by atoms with Gasteiger partial charge in [-0.1, -0.05) is 47.5 Å². The second-order valence-electron chi connectivity index (χ2n) is 7.47. The Balaban J connectivity index is 1.59. The highest BCUT2D eigenvalue weighted by Gasteiger charge is 2.32. The number of hydrogen-bond donors (Lipinski definition) is 1. The highest BCUT2D eigenvalue weighted by molar-refractivity contribution is 7.92. The van der Waals surface area contributed by atoms with Crippen molar-refractivity contribution in [3.8, 4) is 0 Å². The van der Waals surface area contributed by atoms with Crippen LogP contribution in [0, 0.1) is 6.92 Å². The van der Waals surface area contributed by atoms with Crippen LogP contribution in [-0.4, -0.2) is 20.4 Å². The number of halogens is 1. The van der Waals surface area contributed by atoms with Crippen molar-refractivity contribution in [2.75, 3.05) is 9.62 Å².